The summed E-state index contributed by atoms with van der Waals surface area (Å²) in [6.07, 6.45) is 2.47. The SMILES string of the molecule is CC(=O)Nc1ccc2sc(C)c(CCN(C)Cc3ncc(C#N)[nH]3)c2c1. The van der Waals surface area contributed by atoms with Crippen LogP contribution in [0, 0.1) is 18.3 Å². The molecule has 0 unspecified atom stereocenters. The molecule has 3 aromatic rings. The van der Waals surface area contributed by atoms with Gasteiger partial charge in [-0.25, -0.2) is 4.98 Å². The third-order valence-corrected chi connectivity index (χ3v) is 5.35. The number of thiophene rings is 1. The van der Waals surface area contributed by atoms with Crippen molar-refractivity contribution in [3.05, 3.63) is 46.4 Å². The van der Waals surface area contributed by atoms with Crippen molar-refractivity contribution in [2.24, 2.45) is 0 Å². The van der Waals surface area contributed by atoms with Crippen LogP contribution in [0.5, 0.6) is 0 Å². The van der Waals surface area contributed by atoms with E-state index >= 15 is 0 Å². The molecule has 134 valence electrons. The second-order valence-electron chi connectivity index (χ2n) is 6.37. The minimum atomic E-state index is -0.0622. The molecule has 1 aromatic carbocycles. The van der Waals surface area contributed by atoms with Gasteiger partial charge in [0.1, 0.15) is 17.6 Å². The topological polar surface area (TPSA) is 84.8 Å². The Morgan fingerprint density at radius 2 is 2.27 bits per heavy atom. The number of anilines is 1. The van der Waals surface area contributed by atoms with E-state index in [4.69, 9.17) is 5.26 Å². The van der Waals surface area contributed by atoms with Crippen LogP contribution < -0.4 is 5.32 Å². The number of likely N-dealkylation sites (N-methyl/N-ethyl adjacent to an activating group) is 1. The molecule has 0 fully saturated rings. The normalized spacial score (nSPS) is 11.0. The summed E-state index contributed by atoms with van der Waals surface area (Å²) in [5, 5.41) is 12.9. The van der Waals surface area contributed by atoms with Crippen molar-refractivity contribution in [2.75, 3.05) is 18.9 Å². The lowest BCUT2D eigenvalue weighted by Gasteiger charge is -2.15. The summed E-state index contributed by atoms with van der Waals surface area (Å²) in [6.45, 7) is 5.20. The largest absolute Gasteiger partial charge is 0.333 e. The van der Waals surface area contributed by atoms with Crippen LogP contribution in [-0.2, 0) is 17.8 Å². The van der Waals surface area contributed by atoms with Crippen molar-refractivity contribution < 1.29 is 4.79 Å². The molecular weight excluding hydrogens is 346 g/mol. The van der Waals surface area contributed by atoms with Gasteiger partial charge in [0, 0.05) is 28.7 Å². The first-order valence-corrected chi connectivity index (χ1v) is 9.20. The Hall–Kier alpha value is -2.69. The molecule has 0 spiro atoms. The second kappa shape index (κ2) is 7.68. The number of aromatic nitrogens is 2. The fourth-order valence-corrected chi connectivity index (χ4v) is 4.09. The molecule has 0 bridgehead atoms. The lowest BCUT2D eigenvalue weighted by molar-refractivity contribution is -0.114. The van der Waals surface area contributed by atoms with E-state index in [0.29, 0.717) is 12.2 Å². The fraction of sp³-hybridized carbons (Fsp3) is 0.316. The Labute approximate surface area is 156 Å². The molecule has 0 saturated heterocycles. The predicted octanol–water partition coefficient (Wildman–Crippen LogP) is 3.44. The Morgan fingerprint density at radius 3 is 2.96 bits per heavy atom. The molecule has 2 N–H and O–H groups in total. The van der Waals surface area contributed by atoms with Gasteiger partial charge in [0.25, 0.3) is 0 Å². The lowest BCUT2D eigenvalue weighted by Crippen LogP contribution is -2.21. The van der Waals surface area contributed by atoms with E-state index in [9.17, 15) is 4.79 Å². The van der Waals surface area contributed by atoms with Crippen LogP contribution in [0.3, 0.4) is 0 Å². The summed E-state index contributed by atoms with van der Waals surface area (Å²) in [6, 6.07) is 8.12. The van der Waals surface area contributed by atoms with Crippen LogP contribution in [0.2, 0.25) is 0 Å². The van der Waals surface area contributed by atoms with E-state index in [-0.39, 0.29) is 5.91 Å². The van der Waals surface area contributed by atoms with Crippen LogP contribution in [0.1, 0.15) is 28.9 Å². The van der Waals surface area contributed by atoms with E-state index in [2.05, 4.69) is 45.3 Å². The smallest absolute Gasteiger partial charge is 0.221 e. The predicted molar refractivity (Wildman–Crippen MR) is 104 cm³/mol. The number of H-pyrrole nitrogens is 1. The van der Waals surface area contributed by atoms with Gasteiger partial charge in [-0.1, -0.05) is 0 Å². The molecule has 0 saturated carbocycles. The third-order valence-electron chi connectivity index (χ3n) is 4.23. The zero-order valence-electron chi connectivity index (χ0n) is 15.1. The molecule has 0 aliphatic heterocycles. The van der Waals surface area contributed by atoms with E-state index in [1.165, 1.54) is 27.5 Å². The molecule has 2 heterocycles. The molecule has 0 aliphatic rings. The molecule has 7 heteroatoms. The number of nitrogens with zero attached hydrogens (tertiary/aromatic N) is 3. The molecule has 1 amide bonds. The van der Waals surface area contributed by atoms with Gasteiger partial charge in [0.2, 0.25) is 5.91 Å². The van der Waals surface area contributed by atoms with Crippen molar-refractivity contribution in [3.63, 3.8) is 0 Å². The fourth-order valence-electron chi connectivity index (χ4n) is 3.00. The van der Waals surface area contributed by atoms with Gasteiger partial charge in [-0.15, -0.1) is 11.3 Å². The summed E-state index contributed by atoms with van der Waals surface area (Å²) in [4.78, 5) is 22.0. The molecule has 0 atom stereocenters. The molecule has 0 aliphatic carbocycles. The van der Waals surface area contributed by atoms with Gasteiger partial charge >= 0.3 is 0 Å². The van der Waals surface area contributed by atoms with Crippen LogP contribution in [0.15, 0.2) is 24.4 Å². The number of hydrogen-bond acceptors (Lipinski definition) is 5. The molecule has 26 heavy (non-hydrogen) atoms. The van der Waals surface area contributed by atoms with E-state index < -0.39 is 0 Å². The van der Waals surface area contributed by atoms with Crippen molar-refractivity contribution in [1.82, 2.24) is 14.9 Å². The Morgan fingerprint density at radius 1 is 1.46 bits per heavy atom. The van der Waals surface area contributed by atoms with E-state index in [1.807, 2.05) is 13.1 Å². The van der Waals surface area contributed by atoms with Crippen molar-refractivity contribution in [2.45, 2.75) is 26.8 Å². The van der Waals surface area contributed by atoms with Crippen LogP contribution >= 0.6 is 11.3 Å². The number of benzene rings is 1. The first kappa shape index (κ1) is 18.1. The zero-order valence-corrected chi connectivity index (χ0v) is 15.9. The number of hydrogen-bond donors (Lipinski definition) is 2. The second-order valence-corrected chi connectivity index (χ2v) is 7.63. The highest BCUT2D eigenvalue weighted by Gasteiger charge is 2.12. The van der Waals surface area contributed by atoms with Crippen LogP contribution in [0.25, 0.3) is 10.1 Å². The number of carbonyl (C=O) groups excluding carboxylic acids is 1. The average Bonchev–Trinajstić information content (AvgIpc) is 3.16. The van der Waals surface area contributed by atoms with Crippen LogP contribution in [-0.4, -0.2) is 34.4 Å². The number of imidazole rings is 1. The van der Waals surface area contributed by atoms with E-state index in [0.717, 1.165) is 24.5 Å². The molecule has 3 rings (SSSR count). The quantitative estimate of drug-likeness (QED) is 0.699. The number of fused-ring (bicyclic) bond motifs is 1. The number of rotatable bonds is 6. The summed E-state index contributed by atoms with van der Waals surface area (Å²) in [7, 11) is 2.04. The van der Waals surface area contributed by atoms with Gasteiger partial charge < -0.3 is 10.3 Å². The van der Waals surface area contributed by atoms with Gasteiger partial charge in [-0.05, 0) is 49.5 Å². The highest BCUT2D eigenvalue weighted by atomic mass is 32.1. The average molecular weight is 367 g/mol. The zero-order chi connectivity index (χ0) is 18.7. The van der Waals surface area contributed by atoms with Gasteiger partial charge in [-0.2, -0.15) is 5.26 Å². The summed E-state index contributed by atoms with van der Waals surface area (Å²) >= 11 is 1.78. The third kappa shape index (κ3) is 4.10. The standard InChI is InChI=1S/C19H21N5OS/c1-12-16(6-7-24(3)11-19-21-10-15(9-20)23-19)17-8-14(22-13(2)25)4-5-18(17)26-12/h4-5,8,10H,6-7,11H2,1-3H3,(H,21,23)(H,22,25). The maximum absolute atomic E-state index is 11.3. The van der Waals surface area contributed by atoms with Gasteiger partial charge in [0.05, 0.1) is 12.7 Å². The minimum absolute atomic E-state index is 0.0622. The first-order valence-electron chi connectivity index (χ1n) is 8.38. The number of carbonyl (C=O) groups is 1. The van der Waals surface area contributed by atoms with Crippen molar-refractivity contribution in [1.29, 1.82) is 5.26 Å². The molecule has 6 nitrogen and oxygen atoms in total. The van der Waals surface area contributed by atoms with Crippen molar-refractivity contribution in [3.8, 4) is 6.07 Å². The Kier molecular flexibility index (Phi) is 5.35. The first-order chi connectivity index (χ1) is 12.5. The maximum atomic E-state index is 11.3. The number of aryl methyl sites for hydroxylation is 1. The minimum Gasteiger partial charge on any atom is -0.333 e. The Bertz CT molecular complexity index is 982. The highest BCUT2D eigenvalue weighted by Crippen LogP contribution is 2.33. The lowest BCUT2D eigenvalue weighted by atomic mass is 10.1. The monoisotopic (exact) mass is 367 g/mol. The maximum Gasteiger partial charge on any atom is 0.221 e. The summed E-state index contributed by atoms with van der Waals surface area (Å²) < 4.78 is 1.24. The molecular formula is C19H21N5OS. The number of nitriles is 1. The molecule has 2 aromatic heterocycles. The summed E-state index contributed by atoms with van der Waals surface area (Å²) in [5.41, 5.74) is 2.64. The number of amides is 1. The van der Waals surface area contributed by atoms with Gasteiger partial charge in [-0.3, -0.25) is 9.69 Å². The summed E-state index contributed by atoms with van der Waals surface area (Å²) in [5.74, 6) is 0.733. The van der Waals surface area contributed by atoms with E-state index in [1.54, 1.807) is 17.5 Å². The Balaban J connectivity index is 1.72. The highest BCUT2D eigenvalue weighted by molar-refractivity contribution is 7.19. The van der Waals surface area contributed by atoms with Crippen LogP contribution in [0.4, 0.5) is 5.69 Å². The molecule has 0 radical (unpaired) electrons. The van der Waals surface area contributed by atoms with Gasteiger partial charge in [0.15, 0.2) is 0 Å². The van der Waals surface area contributed by atoms with Crippen molar-refractivity contribution >= 4 is 33.0 Å². The number of aromatic amines is 1. The number of nitrogens with one attached hydrogen (secondary N) is 2.